The van der Waals surface area contributed by atoms with E-state index in [1.807, 2.05) is 18.2 Å². The standard InChI is InChI=1S/C76H72N6/c1-46-27-32-66-61(35-46)58-23-16-18-25-64(58)81(66)68-34-30-50(42-63(68)60-31-29-49(48-21-20-22-57(41-48)77-15)43-69(60)82-65-26-19-17-24-59(65)62-36-47(2)28-33-67(62)82)70-78-71(51-37-53(73(3,4)5)44-54(38-51)74(6,7)8)80-72(79-70)52-39-55(75(9,10)11)45-56(40-52)76(12,13)14/h16-45H,1-14H3. The third kappa shape index (κ3) is 9.76. The topological polar surface area (TPSA) is 52.9 Å². The minimum Gasteiger partial charge on any atom is -0.309 e. The van der Waals surface area contributed by atoms with Crippen LogP contribution in [0, 0.1) is 20.4 Å². The zero-order valence-corrected chi connectivity index (χ0v) is 50.0. The number of hydrogen-bond acceptors (Lipinski definition) is 3. The van der Waals surface area contributed by atoms with E-state index >= 15 is 0 Å². The van der Waals surface area contributed by atoms with Crippen LogP contribution in [-0.2, 0) is 21.7 Å². The molecule has 0 radical (unpaired) electrons. The smallest absolute Gasteiger partial charge is 0.187 e. The van der Waals surface area contributed by atoms with E-state index in [1.54, 1.807) is 0 Å². The number of para-hydroxylation sites is 2. The first-order valence-corrected chi connectivity index (χ1v) is 28.8. The molecule has 0 aliphatic heterocycles. The van der Waals surface area contributed by atoms with Crippen LogP contribution in [-0.4, -0.2) is 24.1 Å². The molecule has 9 aromatic carbocycles. The van der Waals surface area contributed by atoms with Crippen molar-refractivity contribution in [3.05, 3.63) is 227 Å². The molecule has 6 nitrogen and oxygen atoms in total. The van der Waals surface area contributed by atoms with Crippen LogP contribution in [0.1, 0.15) is 116 Å². The molecule has 0 spiro atoms. The van der Waals surface area contributed by atoms with Crippen LogP contribution >= 0.6 is 0 Å². The van der Waals surface area contributed by atoms with E-state index in [0.717, 1.165) is 72.4 Å². The van der Waals surface area contributed by atoms with E-state index in [-0.39, 0.29) is 21.7 Å². The third-order valence-corrected chi connectivity index (χ3v) is 16.5. The minimum absolute atomic E-state index is 0.129. The van der Waals surface area contributed by atoms with Gasteiger partial charge < -0.3 is 9.13 Å². The second kappa shape index (κ2) is 19.7. The van der Waals surface area contributed by atoms with E-state index in [1.165, 1.54) is 54.9 Å². The maximum atomic E-state index is 7.98. The van der Waals surface area contributed by atoms with Crippen LogP contribution < -0.4 is 0 Å². The van der Waals surface area contributed by atoms with Gasteiger partial charge in [0.15, 0.2) is 23.2 Å². The Morgan fingerprint density at radius 2 is 0.756 bits per heavy atom. The quantitative estimate of drug-likeness (QED) is 0.149. The summed E-state index contributed by atoms with van der Waals surface area (Å²) in [5, 5.41) is 4.76. The lowest BCUT2D eigenvalue weighted by molar-refractivity contribution is 0.568. The fourth-order valence-corrected chi connectivity index (χ4v) is 11.7. The minimum atomic E-state index is -0.129. The van der Waals surface area contributed by atoms with E-state index in [0.29, 0.717) is 23.2 Å². The number of nitrogens with zero attached hydrogens (tertiary/aromatic N) is 6. The zero-order chi connectivity index (χ0) is 57.8. The molecule has 82 heavy (non-hydrogen) atoms. The van der Waals surface area contributed by atoms with Crippen molar-refractivity contribution in [1.82, 2.24) is 24.1 Å². The van der Waals surface area contributed by atoms with Crippen molar-refractivity contribution in [2.45, 2.75) is 119 Å². The number of fused-ring (bicyclic) bond motifs is 6. The van der Waals surface area contributed by atoms with E-state index in [4.69, 9.17) is 21.5 Å². The summed E-state index contributed by atoms with van der Waals surface area (Å²) in [6, 6.07) is 66.6. The van der Waals surface area contributed by atoms with Gasteiger partial charge in [-0.05, 0) is 160 Å². The highest BCUT2D eigenvalue weighted by molar-refractivity contribution is 6.12. The van der Waals surface area contributed by atoms with Crippen molar-refractivity contribution >= 4 is 49.3 Å². The average Bonchev–Trinajstić information content (AvgIpc) is 4.00. The molecule has 12 rings (SSSR count). The van der Waals surface area contributed by atoms with Crippen molar-refractivity contribution < 1.29 is 0 Å². The molecule has 0 saturated carbocycles. The Labute approximate surface area is 484 Å². The van der Waals surface area contributed by atoms with Gasteiger partial charge in [0.25, 0.3) is 0 Å². The van der Waals surface area contributed by atoms with Crippen molar-refractivity contribution in [3.63, 3.8) is 0 Å². The summed E-state index contributed by atoms with van der Waals surface area (Å²) < 4.78 is 4.88. The Morgan fingerprint density at radius 1 is 0.329 bits per heavy atom. The summed E-state index contributed by atoms with van der Waals surface area (Å²) in [6.45, 7) is 39.7. The zero-order valence-electron chi connectivity index (χ0n) is 50.0. The van der Waals surface area contributed by atoms with Gasteiger partial charge in [-0.15, -0.1) is 0 Å². The van der Waals surface area contributed by atoms with Crippen LogP contribution in [0.5, 0.6) is 0 Å². The van der Waals surface area contributed by atoms with Gasteiger partial charge >= 0.3 is 0 Å². The summed E-state index contributed by atoms with van der Waals surface area (Å²) in [5.41, 5.74) is 20.7. The molecule has 0 N–H and O–H groups in total. The first-order chi connectivity index (χ1) is 38.9. The first-order valence-electron chi connectivity index (χ1n) is 28.8. The van der Waals surface area contributed by atoms with Gasteiger partial charge in [-0.25, -0.2) is 19.8 Å². The largest absolute Gasteiger partial charge is 0.309 e. The molecule has 3 heterocycles. The summed E-state index contributed by atoms with van der Waals surface area (Å²) in [6.07, 6.45) is 0. The van der Waals surface area contributed by atoms with Gasteiger partial charge in [0.05, 0.1) is 40.0 Å². The Bertz CT molecular complexity index is 4420. The molecule has 12 aromatic rings. The highest BCUT2D eigenvalue weighted by Crippen LogP contribution is 2.45. The van der Waals surface area contributed by atoms with Gasteiger partial charge in [-0.1, -0.05) is 185 Å². The van der Waals surface area contributed by atoms with Gasteiger partial charge in [0, 0.05) is 49.4 Å². The molecule has 0 atom stereocenters. The molecule has 406 valence electrons. The fourth-order valence-electron chi connectivity index (χ4n) is 11.7. The number of rotatable bonds is 7. The number of hydrogen-bond donors (Lipinski definition) is 0. The van der Waals surface area contributed by atoms with E-state index < -0.39 is 0 Å². The second-order valence-corrected chi connectivity index (χ2v) is 26.8. The molecular formula is C76H72N6. The molecule has 0 unspecified atom stereocenters. The summed E-state index contributed by atoms with van der Waals surface area (Å²) in [7, 11) is 0. The maximum Gasteiger partial charge on any atom is 0.187 e. The number of benzene rings is 9. The Morgan fingerprint density at radius 3 is 1.23 bits per heavy atom. The van der Waals surface area contributed by atoms with Crippen molar-refractivity contribution in [1.29, 1.82) is 0 Å². The molecular weight excluding hydrogens is 997 g/mol. The lowest BCUT2D eigenvalue weighted by Gasteiger charge is -2.26. The fraction of sp³-hybridized carbons (Fsp3) is 0.237. The molecule has 0 fully saturated rings. The van der Waals surface area contributed by atoms with Gasteiger partial charge in [-0.2, -0.15) is 0 Å². The molecule has 6 heteroatoms. The maximum absolute atomic E-state index is 7.98. The highest BCUT2D eigenvalue weighted by Gasteiger charge is 2.27. The van der Waals surface area contributed by atoms with Crippen LogP contribution in [0.3, 0.4) is 0 Å². The Kier molecular flexibility index (Phi) is 12.9. The van der Waals surface area contributed by atoms with E-state index in [2.05, 4.69) is 275 Å². The monoisotopic (exact) mass is 1070 g/mol. The van der Waals surface area contributed by atoms with Gasteiger partial charge in [0.1, 0.15) is 0 Å². The Balaban J connectivity index is 1.21. The van der Waals surface area contributed by atoms with Crippen molar-refractivity contribution in [2.24, 2.45) is 0 Å². The van der Waals surface area contributed by atoms with Gasteiger partial charge in [0.2, 0.25) is 0 Å². The number of aromatic nitrogens is 5. The van der Waals surface area contributed by atoms with Crippen molar-refractivity contribution in [3.8, 4) is 67.8 Å². The summed E-state index contributed by atoms with van der Waals surface area (Å²) in [5.74, 6) is 1.85. The van der Waals surface area contributed by atoms with Crippen LogP contribution in [0.15, 0.2) is 182 Å². The lowest BCUT2D eigenvalue weighted by Crippen LogP contribution is -2.17. The highest BCUT2D eigenvalue weighted by atomic mass is 15.0. The molecule has 0 bridgehead atoms. The summed E-state index contributed by atoms with van der Waals surface area (Å²) >= 11 is 0. The SMILES string of the molecule is [C-]#[N+]c1cccc(-c2ccc(-c3cc(-c4nc(-c5cc(C(C)(C)C)cc(C(C)(C)C)c5)nc(-c5cc(C(C)(C)C)cc(C(C)(C)C)c5)n4)ccc3-n3c4ccccc4c4cc(C)ccc43)c(-n3c4ccccc4c4cc(C)ccc43)c2)c1. The second-order valence-electron chi connectivity index (χ2n) is 26.8. The predicted octanol–water partition coefficient (Wildman–Crippen LogP) is 20.8. The van der Waals surface area contributed by atoms with Crippen LogP contribution in [0.4, 0.5) is 5.69 Å². The van der Waals surface area contributed by atoms with Gasteiger partial charge in [-0.3, -0.25) is 0 Å². The molecule has 3 aromatic heterocycles. The third-order valence-electron chi connectivity index (χ3n) is 16.5. The van der Waals surface area contributed by atoms with Crippen molar-refractivity contribution in [2.75, 3.05) is 0 Å². The lowest BCUT2D eigenvalue weighted by atomic mass is 9.79. The summed E-state index contributed by atoms with van der Waals surface area (Å²) in [4.78, 5) is 20.6. The molecule has 0 amide bonds. The molecule has 0 saturated heterocycles. The average molecular weight is 1070 g/mol. The normalized spacial score (nSPS) is 12.5. The van der Waals surface area contributed by atoms with E-state index in [9.17, 15) is 0 Å². The molecule has 0 aliphatic rings. The Hall–Kier alpha value is -8.92. The predicted molar refractivity (Wildman–Crippen MR) is 346 cm³/mol. The first kappa shape index (κ1) is 53.7. The number of aryl methyl sites for hydroxylation is 2. The van der Waals surface area contributed by atoms with Crippen LogP contribution in [0.2, 0.25) is 0 Å². The molecule has 0 aliphatic carbocycles. The van der Waals surface area contributed by atoms with Crippen LogP contribution in [0.25, 0.3) is 116 Å².